The van der Waals surface area contributed by atoms with Gasteiger partial charge in [-0.2, -0.15) is 0 Å². The quantitative estimate of drug-likeness (QED) is 0.772. The molecule has 1 heterocycles. The van der Waals surface area contributed by atoms with Gasteiger partial charge in [-0.15, -0.1) is 0 Å². The molecule has 0 aromatic carbocycles. The van der Waals surface area contributed by atoms with E-state index in [0.29, 0.717) is 5.54 Å². The first kappa shape index (κ1) is 12.4. The molecule has 1 unspecified atom stereocenters. The number of nitrogens with zero attached hydrogens (tertiary/aromatic N) is 1. The van der Waals surface area contributed by atoms with Gasteiger partial charge in [0.25, 0.3) is 0 Å². The molecule has 16 heavy (non-hydrogen) atoms. The fourth-order valence-electron chi connectivity index (χ4n) is 3.02. The summed E-state index contributed by atoms with van der Waals surface area (Å²) in [7, 11) is 0. The minimum Gasteiger partial charge on any atom is -0.310 e. The lowest BCUT2D eigenvalue weighted by Gasteiger charge is -2.44. The highest BCUT2D eigenvalue weighted by molar-refractivity contribution is 4.91. The van der Waals surface area contributed by atoms with Crippen molar-refractivity contribution in [1.29, 1.82) is 0 Å². The molecule has 2 rings (SSSR count). The molecule has 1 saturated heterocycles. The summed E-state index contributed by atoms with van der Waals surface area (Å²) in [5.74, 6) is 0. The van der Waals surface area contributed by atoms with Crippen LogP contribution in [0.1, 0.15) is 59.3 Å². The topological polar surface area (TPSA) is 15.3 Å². The fourth-order valence-corrected chi connectivity index (χ4v) is 3.02. The summed E-state index contributed by atoms with van der Waals surface area (Å²) >= 11 is 0. The number of nitrogens with one attached hydrogen (secondary N) is 1. The molecule has 0 radical (unpaired) electrons. The molecule has 0 aromatic heterocycles. The standard InChI is InChI=1S/C14H28N2/c1-4-9-14(2,3)16-10-5-6-13(11-16)15-12-7-8-12/h12-13,15H,4-11H2,1-3H3. The van der Waals surface area contributed by atoms with E-state index < -0.39 is 0 Å². The average molecular weight is 224 g/mol. The zero-order chi connectivity index (χ0) is 11.6. The number of piperidine rings is 1. The van der Waals surface area contributed by atoms with E-state index >= 15 is 0 Å². The molecule has 94 valence electrons. The third kappa shape index (κ3) is 3.21. The van der Waals surface area contributed by atoms with E-state index in [9.17, 15) is 0 Å². The zero-order valence-electron chi connectivity index (χ0n) is 11.3. The molecule has 1 N–H and O–H groups in total. The monoisotopic (exact) mass is 224 g/mol. The molecular formula is C14H28N2. The van der Waals surface area contributed by atoms with Gasteiger partial charge in [0, 0.05) is 24.2 Å². The highest BCUT2D eigenvalue weighted by Gasteiger charge is 2.32. The van der Waals surface area contributed by atoms with Gasteiger partial charge < -0.3 is 5.32 Å². The van der Waals surface area contributed by atoms with Gasteiger partial charge >= 0.3 is 0 Å². The molecule has 0 bridgehead atoms. The van der Waals surface area contributed by atoms with Crippen LogP contribution in [0, 0.1) is 0 Å². The van der Waals surface area contributed by atoms with Gasteiger partial charge in [0.2, 0.25) is 0 Å². The minimum atomic E-state index is 0.401. The maximum absolute atomic E-state index is 3.80. The second-order valence-electron chi connectivity index (χ2n) is 6.29. The van der Waals surface area contributed by atoms with Crippen molar-refractivity contribution < 1.29 is 0 Å². The molecule has 0 aromatic rings. The van der Waals surface area contributed by atoms with Crippen LogP contribution in [-0.2, 0) is 0 Å². The van der Waals surface area contributed by atoms with E-state index in [1.54, 1.807) is 0 Å². The van der Waals surface area contributed by atoms with Crippen LogP contribution in [0.2, 0.25) is 0 Å². The highest BCUT2D eigenvalue weighted by atomic mass is 15.2. The van der Waals surface area contributed by atoms with E-state index in [0.717, 1.165) is 12.1 Å². The highest BCUT2D eigenvalue weighted by Crippen LogP contribution is 2.27. The summed E-state index contributed by atoms with van der Waals surface area (Å²) in [6.07, 6.45) is 8.20. The first-order valence-electron chi connectivity index (χ1n) is 7.13. The molecule has 2 fully saturated rings. The molecule has 2 aliphatic rings. The van der Waals surface area contributed by atoms with Crippen molar-refractivity contribution in [2.24, 2.45) is 0 Å². The molecule has 1 aliphatic heterocycles. The molecule has 1 aliphatic carbocycles. The molecular weight excluding hydrogens is 196 g/mol. The van der Waals surface area contributed by atoms with Crippen molar-refractivity contribution in [3.8, 4) is 0 Å². The molecule has 0 spiro atoms. The fraction of sp³-hybridized carbons (Fsp3) is 1.00. The van der Waals surface area contributed by atoms with Crippen molar-refractivity contribution in [2.75, 3.05) is 13.1 Å². The Labute approximate surface area is 101 Å². The molecule has 2 heteroatoms. The Morgan fingerprint density at radius 3 is 2.56 bits per heavy atom. The maximum atomic E-state index is 3.80. The zero-order valence-corrected chi connectivity index (χ0v) is 11.3. The van der Waals surface area contributed by atoms with Crippen LogP contribution in [0.4, 0.5) is 0 Å². The van der Waals surface area contributed by atoms with E-state index in [2.05, 4.69) is 31.0 Å². The third-order valence-corrected chi connectivity index (χ3v) is 4.19. The van der Waals surface area contributed by atoms with Crippen LogP contribution in [0.15, 0.2) is 0 Å². The summed E-state index contributed by atoms with van der Waals surface area (Å²) in [4.78, 5) is 2.71. The summed E-state index contributed by atoms with van der Waals surface area (Å²) in [5.41, 5.74) is 0.401. The van der Waals surface area contributed by atoms with Crippen molar-refractivity contribution in [1.82, 2.24) is 10.2 Å². The van der Waals surface area contributed by atoms with E-state index in [1.807, 2.05) is 0 Å². The molecule has 1 saturated carbocycles. The van der Waals surface area contributed by atoms with Crippen LogP contribution in [-0.4, -0.2) is 35.6 Å². The SMILES string of the molecule is CCCC(C)(C)N1CCCC(NC2CC2)C1. The van der Waals surface area contributed by atoms with Crippen molar-refractivity contribution in [2.45, 2.75) is 76.9 Å². The third-order valence-electron chi connectivity index (χ3n) is 4.19. The van der Waals surface area contributed by atoms with E-state index in [4.69, 9.17) is 0 Å². The van der Waals surface area contributed by atoms with E-state index in [1.165, 1.54) is 51.6 Å². The lowest BCUT2D eigenvalue weighted by molar-refractivity contribution is 0.0701. The Bertz CT molecular complexity index is 221. The van der Waals surface area contributed by atoms with Crippen LogP contribution in [0.3, 0.4) is 0 Å². The first-order valence-corrected chi connectivity index (χ1v) is 7.13. The van der Waals surface area contributed by atoms with E-state index in [-0.39, 0.29) is 0 Å². The van der Waals surface area contributed by atoms with Gasteiger partial charge in [0.1, 0.15) is 0 Å². The largest absolute Gasteiger partial charge is 0.310 e. The minimum absolute atomic E-state index is 0.401. The van der Waals surface area contributed by atoms with Crippen LogP contribution >= 0.6 is 0 Å². The summed E-state index contributed by atoms with van der Waals surface area (Å²) in [6, 6.07) is 1.62. The van der Waals surface area contributed by atoms with Crippen molar-refractivity contribution >= 4 is 0 Å². The second-order valence-corrected chi connectivity index (χ2v) is 6.29. The maximum Gasteiger partial charge on any atom is 0.0198 e. The van der Waals surface area contributed by atoms with Crippen molar-refractivity contribution in [3.05, 3.63) is 0 Å². The Kier molecular flexibility index (Phi) is 3.91. The predicted octanol–water partition coefficient (Wildman–Crippen LogP) is 2.78. The second kappa shape index (κ2) is 5.05. The Balaban J connectivity index is 1.84. The van der Waals surface area contributed by atoms with Crippen LogP contribution in [0.5, 0.6) is 0 Å². The average Bonchev–Trinajstić information content (AvgIpc) is 3.02. The van der Waals surface area contributed by atoms with Gasteiger partial charge in [-0.3, -0.25) is 4.90 Å². The normalized spacial score (nSPS) is 28.3. The van der Waals surface area contributed by atoms with Crippen molar-refractivity contribution in [3.63, 3.8) is 0 Å². The Hall–Kier alpha value is -0.0800. The first-order chi connectivity index (χ1) is 7.62. The van der Waals surface area contributed by atoms with Gasteiger partial charge in [-0.1, -0.05) is 13.3 Å². The molecule has 0 amide bonds. The summed E-state index contributed by atoms with van der Waals surface area (Å²) in [5, 5.41) is 3.80. The van der Waals surface area contributed by atoms with Crippen LogP contribution < -0.4 is 5.32 Å². The lowest BCUT2D eigenvalue weighted by atomic mass is 9.92. The number of rotatable bonds is 5. The predicted molar refractivity (Wildman–Crippen MR) is 69.7 cm³/mol. The summed E-state index contributed by atoms with van der Waals surface area (Å²) in [6.45, 7) is 9.69. The molecule has 2 nitrogen and oxygen atoms in total. The lowest BCUT2D eigenvalue weighted by Crippen LogP contribution is -2.54. The Morgan fingerprint density at radius 2 is 1.94 bits per heavy atom. The number of hydrogen-bond donors (Lipinski definition) is 1. The number of likely N-dealkylation sites (tertiary alicyclic amines) is 1. The van der Waals surface area contributed by atoms with Gasteiger partial charge in [-0.05, 0) is 52.5 Å². The van der Waals surface area contributed by atoms with Gasteiger partial charge in [0.05, 0.1) is 0 Å². The number of hydrogen-bond acceptors (Lipinski definition) is 2. The summed E-state index contributed by atoms with van der Waals surface area (Å²) < 4.78 is 0. The molecule has 1 atom stereocenters. The smallest absolute Gasteiger partial charge is 0.0198 e. The van der Waals surface area contributed by atoms with Crippen LogP contribution in [0.25, 0.3) is 0 Å². The van der Waals surface area contributed by atoms with Gasteiger partial charge in [-0.25, -0.2) is 0 Å². The Morgan fingerprint density at radius 1 is 1.19 bits per heavy atom. The van der Waals surface area contributed by atoms with Gasteiger partial charge in [0.15, 0.2) is 0 Å².